The molecule has 1 N–H and O–H groups in total. The van der Waals surface area contributed by atoms with Crippen LogP contribution in [-0.4, -0.2) is 31.8 Å². The van der Waals surface area contributed by atoms with Crippen LogP contribution < -0.4 is 10.3 Å². The Morgan fingerprint density at radius 3 is 2.61 bits per heavy atom. The Hall–Kier alpha value is -3.13. The van der Waals surface area contributed by atoms with Crippen molar-refractivity contribution in [1.82, 2.24) is 24.7 Å². The maximum absolute atomic E-state index is 12.3. The topological polar surface area (TPSA) is 85.7 Å². The monoisotopic (exact) mass is 393 g/mol. The van der Waals surface area contributed by atoms with E-state index >= 15 is 0 Å². The van der Waals surface area contributed by atoms with E-state index in [1.54, 1.807) is 13.2 Å². The number of thioether (sulfide) groups is 1. The molecule has 0 aliphatic carbocycles. The van der Waals surface area contributed by atoms with Gasteiger partial charge >= 0.3 is 0 Å². The number of nitrogens with zero attached hydrogens (tertiary/aromatic N) is 4. The second-order valence-corrected chi connectivity index (χ2v) is 7.63. The third-order valence-corrected chi connectivity index (χ3v) is 5.62. The van der Waals surface area contributed by atoms with E-state index in [-0.39, 0.29) is 10.8 Å². The standard InChI is InChI=1S/C20H19N5O2S/c1-12(17-21-16-7-5-4-6-15(16)19(26)22-17)28-20-24-23-18(25(20)2)13-8-10-14(27-3)11-9-13/h4-12H,1-3H3,(H,21,22,26). The summed E-state index contributed by atoms with van der Waals surface area (Å²) in [6.07, 6.45) is 0. The third kappa shape index (κ3) is 3.38. The molecule has 4 rings (SSSR count). The second-order valence-electron chi connectivity index (χ2n) is 6.32. The third-order valence-electron chi connectivity index (χ3n) is 4.48. The van der Waals surface area contributed by atoms with Gasteiger partial charge < -0.3 is 14.3 Å². The van der Waals surface area contributed by atoms with Crippen molar-refractivity contribution in [3.63, 3.8) is 0 Å². The SMILES string of the molecule is COc1ccc(-c2nnc(SC(C)c3nc4ccccc4c(=O)[nH]3)n2C)cc1. The van der Waals surface area contributed by atoms with Crippen molar-refractivity contribution in [2.45, 2.75) is 17.3 Å². The molecule has 0 radical (unpaired) electrons. The van der Waals surface area contributed by atoms with Gasteiger partial charge in [0.1, 0.15) is 11.6 Å². The number of aromatic nitrogens is 5. The van der Waals surface area contributed by atoms with Gasteiger partial charge in [-0.05, 0) is 43.3 Å². The lowest BCUT2D eigenvalue weighted by molar-refractivity contribution is 0.415. The lowest BCUT2D eigenvalue weighted by Crippen LogP contribution is -2.13. The molecule has 0 fully saturated rings. The van der Waals surface area contributed by atoms with Crippen molar-refractivity contribution in [3.05, 3.63) is 64.7 Å². The molecule has 2 heterocycles. The second kappa shape index (κ2) is 7.47. The molecule has 0 bridgehead atoms. The number of methoxy groups -OCH3 is 1. The number of nitrogens with one attached hydrogen (secondary N) is 1. The number of para-hydroxylation sites is 1. The molecule has 0 saturated carbocycles. The number of hydrogen-bond acceptors (Lipinski definition) is 6. The minimum Gasteiger partial charge on any atom is -0.497 e. The van der Waals surface area contributed by atoms with Crippen LogP contribution in [0, 0.1) is 0 Å². The van der Waals surface area contributed by atoms with Gasteiger partial charge in [0.2, 0.25) is 0 Å². The number of fused-ring (bicyclic) bond motifs is 1. The highest BCUT2D eigenvalue weighted by Crippen LogP contribution is 2.33. The normalized spacial score (nSPS) is 12.2. The molecule has 2 aromatic carbocycles. The van der Waals surface area contributed by atoms with Crippen molar-refractivity contribution < 1.29 is 4.74 Å². The quantitative estimate of drug-likeness (QED) is 0.522. The van der Waals surface area contributed by atoms with E-state index in [4.69, 9.17) is 4.74 Å². The number of rotatable bonds is 5. The number of hydrogen-bond donors (Lipinski definition) is 1. The molecule has 142 valence electrons. The van der Waals surface area contributed by atoms with Crippen LogP contribution in [0.3, 0.4) is 0 Å². The Morgan fingerprint density at radius 1 is 1.11 bits per heavy atom. The van der Waals surface area contributed by atoms with Gasteiger partial charge in [0, 0.05) is 12.6 Å². The van der Waals surface area contributed by atoms with E-state index in [1.165, 1.54) is 11.8 Å². The summed E-state index contributed by atoms with van der Waals surface area (Å²) in [7, 11) is 3.56. The molecule has 8 heteroatoms. The molecular formula is C20H19N5O2S. The Kier molecular flexibility index (Phi) is 4.87. The fourth-order valence-corrected chi connectivity index (χ4v) is 3.79. The first-order chi connectivity index (χ1) is 13.6. The fraction of sp³-hybridized carbons (Fsp3) is 0.200. The average molecular weight is 393 g/mol. The van der Waals surface area contributed by atoms with Gasteiger partial charge in [-0.2, -0.15) is 0 Å². The van der Waals surface area contributed by atoms with Gasteiger partial charge in [-0.25, -0.2) is 4.98 Å². The van der Waals surface area contributed by atoms with E-state index in [2.05, 4.69) is 20.2 Å². The highest BCUT2D eigenvalue weighted by molar-refractivity contribution is 7.99. The average Bonchev–Trinajstić information content (AvgIpc) is 3.08. The molecule has 1 atom stereocenters. The van der Waals surface area contributed by atoms with Crippen molar-refractivity contribution in [2.75, 3.05) is 7.11 Å². The zero-order chi connectivity index (χ0) is 19.7. The minimum atomic E-state index is -0.134. The van der Waals surface area contributed by atoms with E-state index in [1.807, 2.05) is 61.0 Å². The van der Waals surface area contributed by atoms with Gasteiger partial charge in [-0.15, -0.1) is 10.2 Å². The molecule has 0 spiro atoms. The summed E-state index contributed by atoms with van der Waals surface area (Å²) in [6, 6.07) is 15.0. The molecule has 0 aliphatic rings. The summed E-state index contributed by atoms with van der Waals surface area (Å²) in [5, 5.41) is 9.86. The number of H-pyrrole nitrogens is 1. The number of benzene rings is 2. The molecule has 0 aliphatic heterocycles. The lowest BCUT2D eigenvalue weighted by atomic mass is 10.2. The summed E-state index contributed by atoms with van der Waals surface area (Å²) < 4.78 is 7.13. The summed E-state index contributed by atoms with van der Waals surface area (Å²) in [5.41, 5.74) is 1.50. The molecule has 0 amide bonds. The Balaban J connectivity index is 1.61. The molecule has 0 saturated heterocycles. The van der Waals surface area contributed by atoms with Crippen LogP contribution in [-0.2, 0) is 7.05 Å². The van der Waals surface area contributed by atoms with Crippen LogP contribution in [0.4, 0.5) is 0 Å². The summed E-state index contributed by atoms with van der Waals surface area (Å²) in [4.78, 5) is 19.8. The smallest absolute Gasteiger partial charge is 0.258 e. The van der Waals surface area contributed by atoms with Crippen molar-refractivity contribution in [3.8, 4) is 17.1 Å². The molecule has 7 nitrogen and oxygen atoms in total. The lowest BCUT2D eigenvalue weighted by Gasteiger charge is -2.11. The van der Waals surface area contributed by atoms with E-state index in [9.17, 15) is 4.79 Å². The predicted octanol–water partition coefficient (Wildman–Crippen LogP) is 3.58. The molecule has 2 aromatic heterocycles. The first-order valence-corrected chi connectivity index (χ1v) is 9.64. The van der Waals surface area contributed by atoms with Gasteiger partial charge in [0.15, 0.2) is 11.0 Å². The van der Waals surface area contributed by atoms with E-state index in [0.717, 1.165) is 22.3 Å². The Labute approximate surface area is 165 Å². The van der Waals surface area contributed by atoms with Crippen LogP contribution in [0.2, 0.25) is 0 Å². The van der Waals surface area contributed by atoms with Gasteiger partial charge in [0.05, 0.1) is 23.3 Å². The zero-order valence-corrected chi connectivity index (χ0v) is 16.5. The zero-order valence-electron chi connectivity index (χ0n) is 15.7. The first kappa shape index (κ1) is 18.2. The molecular weight excluding hydrogens is 374 g/mol. The first-order valence-electron chi connectivity index (χ1n) is 8.76. The van der Waals surface area contributed by atoms with Crippen molar-refractivity contribution in [1.29, 1.82) is 0 Å². The fourth-order valence-electron chi connectivity index (χ4n) is 2.92. The van der Waals surface area contributed by atoms with Crippen LogP contribution in [0.1, 0.15) is 18.0 Å². The summed E-state index contributed by atoms with van der Waals surface area (Å²) in [5.74, 6) is 2.17. The maximum Gasteiger partial charge on any atom is 0.258 e. The van der Waals surface area contributed by atoms with Crippen LogP contribution in [0.5, 0.6) is 5.75 Å². The van der Waals surface area contributed by atoms with Crippen molar-refractivity contribution in [2.24, 2.45) is 7.05 Å². The Bertz CT molecular complexity index is 1180. The highest BCUT2D eigenvalue weighted by Gasteiger charge is 2.18. The van der Waals surface area contributed by atoms with Crippen LogP contribution in [0.15, 0.2) is 58.5 Å². The largest absolute Gasteiger partial charge is 0.497 e. The van der Waals surface area contributed by atoms with E-state index in [0.29, 0.717) is 16.7 Å². The highest BCUT2D eigenvalue weighted by atomic mass is 32.2. The predicted molar refractivity (Wildman–Crippen MR) is 110 cm³/mol. The number of ether oxygens (including phenoxy) is 1. The Morgan fingerprint density at radius 2 is 1.86 bits per heavy atom. The summed E-state index contributed by atoms with van der Waals surface area (Å²) in [6.45, 7) is 1.99. The number of aromatic amines is 1. The van der Waals surface area contributed by atoms with Crippen molar-refractivity contribution >= 4 is 22.7 Å². The van der Waals surface area contributed by atoms with Gasteiger partial charge in [-0.3, -0.25) is 4.79 Å². The maximum atomic E-state index is 12.3. The molecule has 4 aromatic rings. The summed E-state index contributed by atoms with van der Waals surface area (Å²) >= 11 is 1.50. The van der Waals surface area contributed by atoms with Gasteiger partial charge in [-0.1, -0.05) is 23.9 Å². The van der Waals surface area contributed by atoms with Crippen LogP contribution >= 0.6 is 11.8 Å². The van der Waals surface area contributed by atoms with E-state index < -0.39 is 0 Å². The van der Waals surface area contributed by atoms with Crippen LogP contribution in [0.25, 0.3) is 22.3 Å². The molecule has 28 heavy (non-hydrogen) atoms. The molecule has 1 unspecified atom stereocenters. The minimum absolute atomic E-state index is 0.0936. The van der Waals surface area contributed by atoms with Gasteiger partial charge in [0.25, 0.3) is 5.56 Å².